The van der Waals surface area contributed by atoms with Gasteiger partial charge in [-0.1, -0.05) is 29.1 Å². The number of hydrogen-bond acceptors (Lipinski definition) is 6. The Hall–Kier alpha value is -2.90. The summed E-state index contributed by atoms with van der Waals surface area (Å²) in [5.41, 5.74) is 1.26. The van der Waals surface area contributed by atoms with Gasteiger partial charge >= 0.3 is 6.18 Å². The lowest BCUT2D eigenvalue weighted by Gasteiger charge is -2.42. The highest BCUT2D eigenvalue weighted by Gasteiger charge is 2.47. The van der Waals surface area contributed by atoms with Crippen LogP contribution in [0.3, 0.4) is 0 Å². The number of rotatable bonds is 7. The number of hydrogen-bond donors (Lipinski definition) is 0. The highest BCUT2D eigenvalue weighted by molar-refractivity contribution is 5.79. The molecule has 9 heteroatoms. The maximum absolute atomic E-state index is 12.7. The largest absolute Gasteiger partial charge is 0.416 e. The fraction of sp³-hybridized carbons (Fsp3) is 0.423. The molecule has 0 N–H and O–H groups in total. The van der Waals surface area contributed by atoms with Gasteiger partial charge in [-0.2, -0.15) is 13.2 Å². The van der Waals surface area contributed by atoms with Crippen LogP contribution in [0.1, 0.15) is 36.1 Å². The Morgan fingerprint density at radius 3 is 2.00 bits per heavy atom. The van der Waals surface area contributed by atoms with E-state index < -0.39 is 24.1 Å². The highest BCUT2D eigenvalue weighted by atomic mass is 19.4. The number of oxime groups is 1. The van der Waals surface area contributed by atoms with E-state index in [0.29, 0.717) is 17.7 Å². The van der Waals surface area contributed by atoms with Crippen molar-refractivity contribution in [1.29, 1.82) is 0 Å². The zero-order valence-corrected chi connectivity index (χ0v) is 19.9. The van der Waals surface area contributed by atoms with Gasteiger partial charge in [0.15, 0.2) is 6.10 Å². The first-order valence-corrected chi connectivity index (χ1v) is 11.1. The average molecular weight is 492 g/mol. The summed E-state index contributed by atoms with van der Waals surface area (Å²) in [5.74, 6) is 5.78. The van der Waals surface area contributed by atoms with Crippen LogP contribution >= 0.6 is 0 Å². The molecule has 188 valence electrons. The third-order valence-electron chi connectivity index (χ3n) is 5.47. The molecular formula is C26H28F3NO5. The van der Waals surface area contributed by atoms with Gasteiger partial charge in [-0.25, -0.2) is 0 Å². The smallest absolute Gasteiger partial charge is 0.376 e. The maximum Gasteiger partial charge on any atom is 0.416 e. The van der Waals surface area contributed by atoms with E-state index in [-0.39, 0.29) is 18.3 Å². The van der Waals surface area contributed by atoms with Crippen LogP contribution < -0.4 is 0 Å². The van der Waals surface area contributed by atoms with E-state index in [1.54, 1.807) is 38.5 Å². The van der Waals surface area contributed by atoms with Crippen molar-refractivity contribution < 1.29 is 37.0 Å². The van der Waals surface area contributed by atoms with E-state index in [9.17, 15) is 13.2 Å². The van der Waals surface area contributed by atoms with E-state index in [4.69, 9.17) is 23.8 Å². The van der Waals surface area contributed by atoms with Crippen molar-refractivity contribution in [3.05, 3.63) is 70.8 Å². The lowest BCUT2D eigenvalue weighted by Crippen LogP contribution is -2.59. The van der Waals surface area contributed by atoms with Crippen LogP contribution in [0.2, 0.25) is 0 Å². The summed E-state index contributed by atoms with van der Waals surface area (Å²) in [5, 5.41) is 4.04. The number of alkyl halides is 3. The molecule has 1 heterocycles. The van der Waals surface area contributed by atoms with E-state index in [1.165, 1.54) is 18.3 Å². The van der Waals surface area contributed by atoms with Crippen molar-refractivity contribution in [3.8, 4) is 11.8 Å². The van der Waals surface area contributed by atoms with Gasteiger partial charge in [0.1, 0.15) is 12.2 Å². The molecule has 5 atom stereocenters. The summed E-state index contributed by atoms with van der Waals surface area (Å²) in [6.07, 6.45) is -5.10. The van der Waals surface area contributed by atoms with Crippen molar-refractivity contribution in [1.82, 2.24) is 0 Å². The first-order valence-electron chi connectivity index (χ1n) is 11.1. The summed E-state index contributed by atoms with van der Waals surface area (Å²) < 4.78 is 60.7. The fourth-order valence-electron chi connectivity index (χ4n) is 3.70. The van der Waals surface area contributed by atoms with E-state index in [1.807, 2.05) is 13.8 Å². The standard InChI is InChI=1S/C26H28F3NO5/c1-5-33-23-22(31-3)17(2)34-25(24(23)32-4)35-30-16-20-10-8-18(9-11-20)6-7-19-12-14-21(15-13-19)26(27,28)29/h8-17,22-25H,5H2,1-4H3. The number of halogens is 3. The lowest BCUT2D eigenvalue weighted by atomic mass is 9.99. The first kappa shape index (κ1) is 26.7. The number of nitrogens with zero attached hydrogens (tertiary/aromatic N) is 1. The monoisotopic (exact) mass is 491 g/mol. The highest BCUT2D eigenvalue weighted by Crippen LogP contribution is 2.29. The molecule has 0 aromatic heterocycles. The molecule has 1 aliphatic heterocycles. The molecule has 6 nitrogen and oxygen atoms in total. The molecule has 1 saturated heterocycles. The van der Waals surface area contributed by atoms with Crippen LogP contribution in [0, 0.1) is 11.8 Å². The van der Waals surface area contributed by atoms with Gasteiger partial charge < -0.3 is 23.8 Å². The lowest BCUT2D eigenvalue weighted by molar-refractivity contribution is -0.308. The Morgan fingerprint density at radius 2 is 1.49 bits per heavy atom. The molecule has 0 aliphatic carbocycles. The first-order chi connectivity index (χ1) is 16.8. The number of benzene rings is 2. The van der Waals surface area contributed by atoms with Gasteiger partial charge in [-0.05, 0) is 55.8 Å². The predicted octanol–water partition coefficient (Wildman–Crippen LogP) is 4.64. The van der Waals surface area contributed by atoms with Crippen molar-refractivity contribution in [2.45, 2.75) is 50.7 Å². The molecule has 35 heavy (non-hydrogen) atoms. The molecule has 2 aromatic carbocycles. The second-order valence-corrected chi connectivity index (χ2v) is 7.82. The minimum Gasteiger partial charge on any atom is -0.376 e. The minimum absolute atomic E-state index is 0.286. The van der Waals surface area contributed by atoms with Crippen LogP contribution in [-0.2, 0) is 30.0 Å². The molecule has 0 spiro atoms. The summed E-state index contributed by atoms with van der Waals surface area (Å²) in [7, 11) is 3.15. The third-order valence-corrected chi connectivity index (χ3v) is 5.47. The zero-order chi connectivity index (χ0) is 25.4. The Morgan fingerprint density at radius 1 is 0.914 bits per heavy atom. The SMILES string of the molecule is CCOC1C(OC)C(C)OC(ON=Cc2ccc(C#Cc3ccc(C(F)(F)F)cc3)cc2)C1OC. The van der Waals surface area contributed by atoms with Gasteiger partial charge in [0, 0.05) is 32.0 Å². The molecule has 0 bridgehead atoms. The summed E-state index contributed by atoms with van der Waals surface area (Å²) in [4.78, 5) is 5.58. The van der Waals surface area contributed by atoms with Gasteiger partial charge in [0.25, 0.3) is 6.29 Å². The average Bonchev–Trinajstić information content (AvgIpc) is 2.83. The van der Waals surface area contributed by atoms with Crippen LogP contribution in [0.15, 0.2) is 53.7 Å². The van der Waals surface area contributed by atoms with Crippen LogP contribution in [0.4, 0.5) is 13.2 Å². The predicted molar refractivity (Wildman–Crippen MR) is 124 cm³/mol. The van der Waals surface area contributed by atoms with Crippen molar-refractivity contribution in [2.24, 2.45) is 5.16 Å². The third kappa shape index (κ3) is 7.05. The van der Waals surface area contributed by atoms with Crippen LogP contribution in [0.5, 0.6) is 0 Å². The molecule has 0 saturated carbocycles. The van der Waals surface area contributed by atoms with E-state index >= 15 is 0 Å². The van der Waals surface area contributed by atoms with Crippen molar-refractivity contribution >= 4 is 6.21 Å². The summed E-state index contributed by atoms with van der Waals surface area (Å²) >= 11 is 0. The quantitative estimate of drug-likeness (QED) is 0.321. The minimum atomic E-state index is -4.36. The van der Waals surface area contributed by atoms with Gasteiger partial charge in [-0.3, -0.25) is 0 Å². The van der Waals surface area contributed by atoms with Crippen molar-refractivity contribution in [3.63, 3.8) is 0 Å². The fourth-order valence-corrected chi connectivity index (χ4v) is 3.70. The molecule has 1 aliphatic rings. The molecule has 0 radical (unpaired) electrons. The molecule has 5 unspecified atom stereocenters. The molecule has 3 rings (SSSR count). The molecule has 0 amide bonds. The van der Waals surface area contributed by atoms with Gasteiger partial charge in [0.05, 0.1) is 17.9 Å². The Kier molecular flexibility index (Phi) is 9.29. The molecule has 2 aromatic rings. The second kappa shape index (κ2) is 12.2. The Labute approximate surface area is 203 Å². The van der Waals surface area contributed by atoms with E-state index in [2.05, 4.69) is 17.0 Å². The summed E-state index contributed by atoms with van der Waals surface area (Å²) in [6.45, 7) is 4.25. The zero-order valence-electron chi connectivity index (χ0n) is 19.9. The molecular weight excluding hydrogens is 463 g/mol. The Bertz CT molecular complexity index is 1030. The van der Waals surface area contributed by atoms with Gasteiger partial charge in [0.2, 0.25) is 0 Å². The van der Waals surface area contributed by atoms with Gasteiger partial charge in [-0.15, -0.1) is 0 Å². The van der Waals surface area contributed by atoms with E-state index in [0.717, 1.165) is 17.7 Å². The Balaban J connectivity index is 1.61. The van der Waals surface area contributed by atoms with Crippen LogP contribution in [-0.4, -0.2) is 57.7 Å². The van der Waals surface area contributed by atoms with Crippen molar-refractivity contribution in [2.75, 3.05) is 20.8 Å². The topological polar surface area (TPSA) is 58.5 Å². The normalized spacial score (nSPS) is 24.7. The number of methoxy groups -OCH3 is 2. The second-order valence-electron chi connectivity index (χ2n) is 7.82. The summed E-state index contributed by atoms with van der Waals surface area (Å²) in [6, 6.07) is 11.9. The van der Waals surface area contributed by atoms with Crippen LogP contribution in [0.25, 0.3) is 0 Å². The maximum atomic E-state index is 12.7. The number of ether oxygens (including phenoxy) is 4. The molecule has 1 fully saturated rings.